The standard InChI is InChI=1S/C12H15ClINO/c1-8-5-4-6-9(10(8)14)11(16)15-12(2,3)7-13/h4-6H,7H2,1-3H3,(H,15,16). The first-order chi connectivity index (χ1) is 7.37. The van der Waals surface area contributed by atoms with Crippen LogP contribution in [0.1, 0.15) is 29.8 Å². The molecule has 16 heavy (non-hydrogen) atoms. The molecular weight excluding hydrogens is 336 g/mol. The van der Waals surface area contributed by atoms with Gasteiger partial charge in [0.25, 0.3) is 5.91 Å². The van der Waals surface area contributed by atoms with Crippen molar-refractivity contribution in [2.45, 2.75) is 26.3 Å². The summed E-state index contributed by atoms with van der Waals surface area (Å²) in [6.45, 7) is 5.80. The number of carbonyl (C=O) groups excluding carboxylic acids is 1. The van der Waals surface area contributed by atoms with Gasteiger partial charge in [0.1, 0.15) is 0 Å². The van der Waals surface area contributed by atoms with Crippen LogP contribution >= 0.6 is 34.2 Å². The van der Waals surface area contributed by atoms with Crippen molar-refractivity contribution < 1.29 is 4.79 Å². The summed E-state index contributed by atoms with van der Waals surface area (Å²) in [5.41, 5.74) is 1.43. The quantitative estimate of drug-likeness (QED) is 0.657. The molecule has 0 bridgehead atoms. The molecule has 1 amide bonds. The lowest BCUT2D eigenvalue weighted by Gasteiger charge is -2.23. The van der Waals surface area contributed by atoms with Crippen LogP contribution in [0.4, 0.5) is 0 Å². The van der Waals surface area contributed by atoms with Gasteiger partial charge in [0, 0.05) is 15.0 Å². The highest BCUT2D eigenvalue weighted by Crippen LogP contribution is 2.17. The fraction of sp³-hybridized carbons (Fsp3) is 0.417. The van der Waals surface area contributed by atoms with Crippen LogP contribution in [0, 0.1) is 10.5 Å². The van der Waals surface area contributed by atoms with Gasteiger partial charge in [-0.1, -0.05) is 12.1 Å². The molecule has 0 radical (unpaired) electrons. The number of benzene rings is 1. The molecule has 1 N–H and O–H groups in total. The second-order valence-corrected chi connectivity index (χ2v) is 5.75. The predicted octanol–water partition coefficient (Wildman–Crippen LogP) is 3.35. The summed E-state index contributed by atoms with van der Waals surface area (Å²) in [5.74, 6) is 0.319. The lowest BCUT2D eigenvalue weighted by molar-refractivity contribution is 0.0919. The third kappa shape index (κ3) is 3.35. The number of alkyl halides is 1. The number of amides is 1. The van der Waals surface area contributed by atoms with Crippen molar-refractivity contribution in [1.29, 1.82) is 0 Å². The average Bonchev–Trinajstić information content (AvgIpc) is 2.21. The van der Waals surface area contributed by atoms with E-state index in [4.69, 9.17) is 11.6 Å². The van der Waals surface area contributed by atoms with Crippen LogP contribution < -0.4 is 5.32 Å². The fourth-order valence-electron chi connectivity index (χ4n) is 1.23. The van der Waals surface area contributed by atoms with E-state index in [-0.39, 0.29) is 11.4 Å². The molecule has 0 spiro atoms. The SMILES string of the molecule is Cc1cccc(C(=O)NC(C)(C)CCl)c1I. The van der Waals surface area contributed by atoms with Gasteiger partial charge in [-0.3, -0.25) is 4.79 Å². The van der Waals surface area contributed by atoms with Crippen LogP contribution in [0.5, 0.6) is 0 Å². The minimum absolute atomic E-state index is 0.0706. The van der Waals surface area contributed by atoms with Gasteiger partial charge in [0.2, 0.25) is 0 Å². The molecule has 4 heteroatoms. The van der Waals surface area contributed by atoms with Gasteiger partial charge in [-0.15, -0.1) is 11.6 Å². The van der Waals surface area contributed by atoms with E-state index in [9.17, 15) is 4.79 Å². The fourth-order valence-corrected chi connectivity index (χ4v) is 1.90. The molecule has 1 aromatic carbocycles. The molecular formula is C12H15ClINO. The number of rotatable bonds is 3. The van der Waals surface area contributed by atoms with Crippen molar-refractivity contribution >= 4 is 40.1 Å². The van der Waals surface area contributed by atoms with Crippen LogP contribution in [0.25, 0.3) is 0 Å². The van der Waals surface area contributed by atoms with Gasteiger partial charge in [-0.2, -0.15) is 0 Å². The second-order valence-electron chi connectivity index (χ2n) is 4.41. The Morgan fingerprint density at radius 3 is 2.69 bits per heavy atom. The van der Waals surface area contributed by atoms with Gasteiger partial charge < -0.3 is 5.32 Å². The zero-order valence-electron chi connectivity index (χ0n) is 9.60. The van der Waals surface area contributed by atoms with Crippen LogP contribution in [0.2, 0.25) is 0 Å². The van der Waals surface area contributed by atoms with Crippen LogP contribution in [-0.2, 0) is 0 Å². The molecule has 0 aliphatic rings. The summed E-state index contributed by atoms with van der Waals surface area (Å²) in [4.78, 5) is 12.0. The monoisotopic (exact) mass is 351 g/mol. The van der Waals surface area contributed by atoms with Crippen LogP contribution in [-0.4, -0.2) is 17.3 Å². The van der Waals surface area contributed by atoms with E-state index in [1.165, 1.54) is 0 Å². The Morgan fingerprint density at radius 2 is 2.12 bits per heavy atom. The van der Waals surface area contributed by atoms with Crippen molar-refractivity contribution in [3.63, 3.8) is 0 Å². The molecule has 0 atom stereocenters. The summed E-state index contributed by atoms with van der Waals surface area (Å²) >= 11 is 7.97. The van der Waals surface area contributed by atoms with E-state index in [2.05, 4.69) is 27.9 Å². The highest BCUT2D eigenvalue weighted by Gasteiger charge is 2.21. The molecule has 0 aliphatic carbocycles. The molecule has 2 nitrogen and oxygen atoms in total. The van der Waals surface area contributed by atoms with Crippen LogP contribution in [0.3, 0.4) is 0 Å². The first kappa shape index (κ1) is 13.8. The van der Waals surface area contributed by atoms with E-state index >= 15 is 0 Å². The summed E-state index contributed by atoms with van der Waals surface area (Å²) in [6, 6.07) is 5.71. The Morgan fingerprint density at radius 1 is 1.50 bits per heavy atom. The Labute approximate surface area is 115 Å². The van der Waals surface area contributed by atoms with Crippen molar-refractivity contribution in [2.24, 2.45) is 0 Å². The normalized spacial score (nSPS) is 11.3. The zero-order chi connectivity index (χ0) is 12.3. The van der Waals surface area contributed by atoms with E-state index < -0.39 is 0 Å². The van der Waals surface area contributed by atoms with Gasteiger partial charge in [0.15, 0.2) is 0 Å². The zero-order valence-corrected chi connectivity index (χ0v) is 12.5. The Hall–Kier alpha value is -0.290. The van der Waals surface area contributed by atoms with E-state index in [1.807, 2.05) is 39.0 Å². The number of aryl methyl sites for hydroxylation is 1. The number of hydrogen-bond acceptors (Lipinski definition) is 1. The molecule has 0 aliphatic heterocycles. The molecule has 1 aromatic rings. The predicted molar refractivity (Wildman–Crippen MR) is 76.2 cm³/mol. The molecule has 88 valence electrons. The minimum Gasteiger partial charge on any atom is -0.346 e. The molecule has 0 fully saturated rings. The molecule has 0 aromatic heterocycles. The smallest absolute Gasteiger partial charge is 0.252 e. The first-order valence-corrected chi connectivity index (χ1v) is 6.62. The topological polar surface area (TPSA) is 29.1 Å². The number of nitrogens with one attached hydrogen (secondary N) is 1. The molecule has 1 rings (SSSR count). The summed E-state index contributed by atoms with van der Waals surface area (Å²) in [6.07, 6.45) is 0. The van der Waals surface area contributed by atoms with Crippen LogP contribution in [0.15, 0.2) is 18.2 Å². The number of hydrogen-bond donors (Lipinski definition) is 1. The Balaban J connectivity index is 2.94. The maximum atomic E-state index is 12.0. The van der Waals surface area contributed by atoms with Gasteiger partial charge in [0.05, 0.1) is 5.56 Å². The Kier molecular flexibility index (Phi) is 4.62. The minimum atomic E-state index is -0.383. The summed E-state index contributed by atoms with van der Waals surface area (Å²) < 4.78 is 0.989. The second kappa shape index (κ2) is 5.36. The molecule has 0 unspecified atom stereocenters. The number of carbonyl (C=O) groups is 1. The van der Waals surface area contributed by atoms with Crippen molar-refractivity contribution in [1.82, 2.24) is 5.32 Å². The van der Waals surface area contributed by atoms with Crippen molar-refractivity contribution in [3.8, 4) is 0 Å². The maximum absolute atomic E-state index is 12.0. The van der Waals surface area contributed by atoms with Gasteiger partial charge in [-0.05, 0) is 55.0 Å². The van der Waals surface area contributed by atoms with E-state index in [0.717, 1.165) is 9.13 Å². The molecule has 0 saturated heterocycles. The Bertz CT molecular complexity index is 404. The maximum Gasteiger partial charge on any atom is 0.252 e. The van der Waals surface area contributed by atoms with Crippen molar-refractivity contribution in [2.75, 3.05) is 5.88 Å². The summed E-state index contributed by atoms with van der Waals surface area (Å²) in [7, 11) is 0. The lowest BCUT2D eigenvalue weighted by Crippen LogP contribution is -2.45. The molecule has 0 heterocycles. The average molecular weight is 352 g/mol. The lowest BCUT2D eigenvalue weighted by atomic mass is 10.1. The third-order valence-corrected chi connectivity index (χ3v) is 4.32. The summed E-state index contributed by atoms with van der Waals surface area (Å²) in [5, 5.41) is 2.91. The highest BCUT2D eigenvalue weighted by molar-refractivity contribution is 14.1. The first-order valence-electron chi connectivity index (χ1n) is 5.01. The third-order valence-electron chi connectivity index (χ3n) is 2.22. The van der Waals surface area contributed by atoms with E-state index in [0.29, 0.717) is 11.4 Å². The van der Waals surface area contributed by atoms with E-state index in [1.54, 1.807) is 0 Å². The highest BCUT2D eigenvalue weighted by atomic mass is 127. The van der Waals surface area contributed by atoms with Gasteiger partial charge in [-0.25, -0.2) is 0 Å². The van der Waals surface area contributed by atoms with Crippen molar-refractivity contribution in [3.05, 3.63) is 32.9 Å². The molecule has 0 saturated carbocycles. The van der Waals surface area contributed by atoms with Gasteiger partial charge >= 0.3 is 0 Å². The largest absolute Gasteiger partial charge is 0.346 e. The number of halogens is 2.